The molecule has 0 heterocycles. The van der Waals surface area contributed by atoms with E-state index in [1.807, 2.05) is 0 Å². The van der Waals surface area contributed by atoms with Crippen molar-refractivity contribution in [1.82, 2.24) is 0 Å². The predicted octanol–water partition coefficient (Wildman–Crippen LogP) is 5.27. The van der Waals surface area contributed by atoms with E-state index in [1.165, 1.54) is 38.5 Å². The van der Waals surface area contributed by atoms with E-state index in [0.717, 1.165) is 30.1 Å². The average Bonchev–Trinajstić information content (AvgIpc) is 2.74. The SMILES string of the molecule is CC(C)[C@@H](C)CC[C@@H](C)[C@H]1CC[C@H]2C(O)CCC[C@]12C. The molecule has 2 aliphatic carbocycles. The van der Waals surface area contributed by atoms with Gasteiger partial charge in [0.15, 0.2) is 0 Å². The van der Waals surface area contributed by atoms with Gasteiger partial charge >= 0.3 is 0 Å². The highest BCUT2D eigenvalue weighted by Gasteiger charge is 2.51. The Morgan fingerprint density at radius 3 is 2.40 bits per heavy atom. The van der Waals surface area contributed by atoms with Gasteiger partial charge in [0.2, 0.25) is 0 Å². The van der Waals surface area contributed by atoms with Crippen molar-refractivity contribution in [2.45, 2.75) is 85.7 Å². The molecule has 2 rings (SSSR count). The van der Waals surface area contributed by atoms with Crippen LogP contribution in [0.15, 0.2) is 0 Å². The molecular weight excluding hydrogens is 244 g/mol. The first kappa shape index (κ1) is 16.3. The van der Waals surface area contributed by atoms with Gasteiger partial charge in [0.05, 0.1) is 6.10 Å². The van der Waals surface area contributed by atoms with Crippen LogP contribution < -0.4 is 0 Å². The maximum atomic E-state index is 10.3. The molecule has 118 valence electrons. The molecular formula is C19H36O. The monoisotopic (exact) mass is 280 g/mol. The zero-order valence-electron chi connectivity index (χ0n) is 14.4. The molecule has 20 heavy (non-hydrogen) atoms. The minimum Gasteiger partial charge on any atom is -0.393 e. The highest BCUT2D eigenvalue weighted by molar-refractivity contribution is 5.01. The van der Waals surface area contributed by atoms with Gasteiger partial charge in [-0.15, -0.1) is 0 Å². The van der Waals surface area contributed by atoms with Gasteiger partial charge in [-0.3, -0.25) is 0 Å². The third kappa shape index (κ3) is 3.08. The van der Waals surface area contributed by atoms with E-state index in [-0.39, 0.29) is 6.10 Å². The molecule has 2 saturated carbocycles. The number of fused-ring (bicyclic) bond motifs is 1. The van der Waals surface area contributed by atoms with Crippen LogP contribution in [0, 0.1) is 35.0 Å². The molecule has 0 aromatic carbocycles. The van der Waals surface area contributed by atoms with Crippen LogP contribution in [0.25, 0.3) is 0 Å². The fourth-order valence-corrected chi connectivity index (χ4v) is 5.18. The second kappa shape index (κ2) is 6.38. The topological polar surface area (TPSA) is 20.2 Å². The predicted molar refractivity (Wildman–Crippen MR) is 86.6 cm³/mol. The fourth-order valence-electron chi connectivity index (χ4n) is 5.18. The lowest BCUT2D eigenvalue weighted by Gasteiger charge is -2.45. The van der Waals surface area contributed by atoms with Crippen LogP contribution in [0.1, 0.15) is 79.6 Å². The molecule has 1 nitrogen and oxygen atoms in total. The summed E-state index contributed by atoms with van der Waals surface area (Å²) in [6.07, 6.45) is 9.00. The summed E-state index contributed by atoms with van der Waals surface area (Å²) < 4.78 is 0. The zero-order valence-corrected chi connectivity index (χ0v) is 14.4. The number of aliphatic hydroxyl groups is 1. The Hall–Kier alpha value is -0.0400. The molecule has 0 amide bonds. The Labute approximate surface area is 126 Å². The molecule has 0 radical (unpaired) electrons. The second-order valence-corrected chi connectivity index (χ2v) is 8.53. The molecule has 2 aliphatic rings. The van der Waals surface area contributed by atoms with Crippen molar-refractivity contribution in [2.24, 2.45) is 35.0 Å². The molecule has 1 N–H and O–H groups in total. The first-order chi connectivity index (χ1) is 9.36. The lowest BCUT2D eigenvalue weighted by atomic mass is 9.61. The van der Waals surface area contributed by atoms with E-state index < -0.39 is 0 Å². The lowest BCUT2D eigenvalue weighted by molar-refractivity contribution is -0.0281. The Bertz CT molecular complexity index is 311. The van der Waals surface area contributed by atoms with E-state index in [9.17, 15) is 5.11 Å². The molecule has 1 unspecified atom stereocenters. The molecule has 0 saturated heterocycles. The highest BCUT2D eigenvalue weighted by atomic mass is 16.3. The van der Waals surface area contributed by atoms with Crippen LogP contribution in [-0.4, -0.2) is 11.2 Å². The summed E-state index contributed by atoms with van der Waals surface area (Å²) in [5.41, 5.74) is 0.429. The maximum Gasteiger partial charge on any atom is 0.0573 e. The third-order valence-corrected chi connectivity index (χ3v) is 7.06. The van der Waals surface area contributed by atoms with Crippen LogP contribution >= 0.6 is 0 Å². The normalized spacial score (nSPS) is 40.6. The molecule has 0 aliphatic heterocycles. The standard InChI is InChI=1S/C19H36O/c1-13(2)14(3)8-9-15(4)16-10-11-17-18(20)7-6-12-19(16,17)5/h13-18,20H,6-12H2,1-5H3/t14-,15+,16+,17-,18?,19+/m0/s1. The van der Waals surface area contributed by atoms with Gasteiger partial charge in [0.1, 0.15) is 0 Å². The van der Waals surface area contributed by atoms with Crippen LogP contribution in [0.4, 0.5) is 0 Å². The summed E-state index contributed by atoms with van der Waals surface area (Å²) >= 11 is 0. The van der Waals surface area contributed by atoms with E-state index in [4.69, 9.17) is 0 Å². The quantitative estimate of drug-likeness (QED) is 0.727. The van der Waals surface area contributed by atoms with Crippen molar-refractivity contribution in [3.63, 3.8) is 0 Å². The van der Waals surface area contributed by atoms with Gasteiger partial charge in [-0.05, 0) is 60.7 Å². The van der Waals surface area contributed by atoms with Crippen molar-refractivity contribution in [3.05, 3.63) is 0 Å². The summed E-state index contributed by atoms with van der Waals surface area (Å²) in [4.78, 5) is 0. The van der Waals surface area contributed by atoms with Crippen LogP contribution in [-0.2, 0) is 0 Å². The van der Waals surface area contributed by atoms with E-state index in [2.05, 4.69) is 34.6 Å². The Balaban J connectivity index is 1.95. The van der Waals surface area contributed by atoms with Crippen molar-refractivity contribution >= 4 is 0 Å². The molecule has 2 fully saturated rings. The van der Waals surface area contributed by atoms with Crippen LogP contribution in [0.3, 0.4) is 0 Å². The summed E-state index contributed by atoms with van der Waals surface area (Å²) in [5.74, 6) is 3.93. The lowest BCUT2D eigenvalue weighted by Crippen LogP contribution is -2.41. The molecule has 1 heteroatoms. The second-order valence-electron chi connectivity index (χ2n) is 8.53. The van der Waals surface area contributed by atoms with Gasteiger partial charge < -0.3 is 5.11 Å². The largest absolute Gasteiger partial charge is 0.393 e. The van der Waals surface area contributed by atoms with E-state index >= 15 is 0 Å². The van der Waals surface area contributed by atoms with Crippen LogP contribution in [0.5, 0.6) is 0 Å². The molecule has 0 bridgehead atoms. The minimum atomic E-state index is -0.0134. The number of hydrogen-bond donors (Lipinski definition) is 1. The number of hydrogen-bond acceptors (Lipinski definition) is 1. The van der Waals surface area contributed by atoms with Gasteiger partial charge in [0.25, 0.3) is 0 Å². The molecule has 0 aromatic heterocycles. The fraction of sp³-hybridized carbons (Fsp3) is 1.00. The summed E-state index contributed by atoms with van der Waals surface area (Å²) in [6, 6.07) is 0. The first-order valence-corrected chi connectivity index (χ1v) is 9.04. The summed E-state index contributed by atoms with van der Waals surface area (Å²) in [5, 5.41) is 10.3. The van der Waals surface area contributed by atoms with Crippen LogP contribution in [0.2, 0.25) is 0 Å². The van der Waals surface area contributed by atoms with Crippen molar-refractivity contribution < 1.29 is 5.11 Å². The smallest absolute Gasteiger partial charge is 0.0573 e. The van der Waals surface area contributed by atoms with Crippen molar-refractivity contribution in [1.29, 1.82) is 0 Å². The molecule has 0 spiro atoms. The maximum absolute atomic E-state index is 10.3. The zero-order chi connectivity index (χ0) is 14.9. The highest BCUT2D eigenvalue weighted by Crippen LogP contribution is 2.58. The number of aliphatic hydroxyl groups excluding tert-OH is 1. The molecule has 6 atom stereocenters. The number of rotatable bonds is 5. The van der Waals surface area contributed by atoms with E-state index in [1.54, 1.807) is 0 Å². The van der Waals surface area contributed by atoms with Gasteiger partial charge in [-0.25, -0.2) is 0 Å². The minimum absolute atomic E-state index is 0.0134. The van der Waals surface area contributed by atoms with Crippen molar-refractivity contribution in [2.75, 3.05) is 0 Å². The Morgan fingerprint density at radius 2 is 1.75 bits per heavy atom. The first-order valence-electron chi connectivity index (χ1n) is 9.04. The summed E-state index contributed by atoms with van der Waals surface area (Å²) in [6.45, 7) is 12.1. The van der Waals surface area contributed by atoms with Crippen molar-refractivity contribution in [3.8, 4) is 0 Å². The Kier molecular flexibility index (Phi) is 5.21. The Morgan fingerprint density at radius 1 is 1.05 bits per heavy atom. The van der Waals surface area contributed by atoms with E-state index in [0.29, 0.717) is 11.3 Å². The average molecular weight is 280 g/mol. The third-order valence-electron chi connectivity index (χ3n) is 7.06. The van der Waals surface area contributed by atoms with Gasteiger partial charge in [-0.2, -0.15) is 0 Å². The summed E-state index contributed by atoms with van der Waals surface area (Å²) in [7, 11) is 0. The van der Waals surface area contributed by atoms with Gasteiger partial charge in [-0.1, -0.05) is 53.9 Å². The molecule has 0 aromatic rings. The van der Waals surface area contributed by atoms with Gasteiger partial charge in [0, 0.05) is 0 Å².